The van der Waals surface area contributed by atoms with Gasteiger partial charge in [-0.2, -0.15) is 0 Å². The monoisotopic (exact) mass is 274 g/mol. The molecule has 0 aliphatic carbocycles. The van der Waals surface area contributed by atoms with Crippen molar-refractivity contribution in [3.05, 3.63) is 22.2 Å². The van der Waals surface area contributed by atoms with Crippen molar-refractivity contribution in [2.24, 2.45) is 0 Å². The third-order valence-electron chi connectivity index (χ3n) is 2.20. The fourth-order valence-electron chi connectivity index (χ4n) is 1.48. The Kier molecular flexibility index (Phi) is 3.14. The number of phenols is 1. The van der Waals surface area contributed by atoms with Gasteiger partial charge in [-0.05, 0) is 12.1 Å². The summed E-state index contributed by atoms with van der Waals surface area (Å²) in [5.41, 5.74) is 0.576. The number of rotatable bonds is 2. The molecule has 0 saturated carbocycles. The van der Waals surface area contributed by atoms with Crippen LogP contribution < -0.4 is 4.74 Å². The van der Waals surface area contributed by atoms with Crippen LogP contribution in [0.25, 0.3) is 0 Å². The Morgan fingerprint density at radius 2 is 2.07 bits per heavy atom. The quantitative estimate of drug-likeness (QED) is 0.899. The van der Waals surface area contributed by atoms with Crippen LogP contribution in [-0.2, 0) is 9.47 Å². The van der Waals surface area contributed by atoms with Crippen molar-refractivity contribution in [1.29, 1.82) is 0 Å². The van der Waals surface area contributed by atoms with Gasteiger partial charge in [0.1, 0.15) is 0 Å². The van der Waals surface area contributed by atoms with Crippen LogP contribution in [0.2, 0.25) is 0 Å². The molecule has 4 nitrogen and oxygen atoms in total. The van der Waals surface area contributed by atoms with E-state index in [4.69, 9.17) is 14.2 Å². The Balaban J connectivity index is 2.43. The van der Waals surface area contributed by atoms with E-state index in [1.54, 1.807) is 12.1 Å². The zero-order valence-electron chi connectivity index (χ0n) is 8.20. The Morgan fingerprint density at radius 3 is 2.67 bits per heavy atom. The minimum Gasteiger partial charge on any atom is -0.504 e. The summed E-state index contributed by atoms with van der Waals surface area (Å²) in [7, 11) is 1.50. The molecule has 1 aromatic carbocycles. The van der Waals surface area contributed by atoms with Gasteiger partial charge in [-0.3, -0.25) is 0 Å². The SMILES string of the molecule is COc1ccc(Br)c(C2OCCO2)c1O. The number of phenolic OH excluding ortho intramolecular Hbond substituents is 1. The molecule has 0 radical (unpaired) electrons. The number of halogens is 1. The highest BCUT2D eigenvalue weighted by Crippen LogP contribution is 2.41. The van der Waals surface area contributed by atoms with E-state index in [1.165, 1.54) is 7.11 Å². The maximum atomic E-state index is 9.92. The third-order valence-corrected chi connectivity index (χ3v) is 2.90. The average molecular weight is 275 g/mol. The number of benzene rings is 1. The molecule has 0 spiro atoms. The van der Waals surface area contributed by atoms with Crippen molar-refractivity contribution < 1.29 is 19.3 Å². The maximum Gasteiger partial charge on any atom is 0.188 e. The molecule has 1 aliphatic heterocycles. The molecule has 1 aromatic rings. The summed E-state index contributed by atoms with van der Waals surface area (Å²) in [6.07, 6.45) is -0.519. The molecule has 1 aliphatic rings. The lowest BCUT2D eigenvalue weighted by atomic mass is 10.2. The summed E-state index contributed by atoms with van der Waals surface area (Å²) in [6, 6.07) is 3.47. The highest BCUT2D eigenvalue weighted by atomic mass is 79.9. The molecule has 5 heteroatoms. The molecule has 2 rings (SSSR count). The Labute approximate surface area is 95.9 Å². The molecule has 1 saturated heterocycles. The summed E-state index contributed by atoms with van der Waals surface area (Å²) in [4.78, 5) is 0. The molecule has 15 heavy (non-hydrogen) atoms. The number of ether oxygens (including phenoxy) is 3. The van der Waals surface area contributed by atoms with Gasteiger partial charge in [0.25, 0.3) is 0 Å². The van der Waals surface area contributed by atoms with Crippen LogP contribution in [0.1, 0.15) is 11.9 Å². The minimum atomic E-state index is -0.519. The van der Waals surface area contributed by atoms with Gasteiger partial charge >= 0.3 is 0 Å². The van der Waals surface area contributed by atoms with E-state index >= 15 is 0 Å². The molecule has 82 valence electrons. The maximum absolute atomic E-state index is 9.92. The normalized spacial score (nSPS) is 16.9. The van der Waals surface area contributed by atoms with Crippen LogP contribution in [0.4, 0.5) is 0 Å². The smallest absolute Gasteiger partial charge is 0.188 e. The first kappa shape index (κ1) is 10.7. The summed E-state index contributed by atoms with van der Waals surface area (Å²) < 4.78 is 16.4. The fraction of sp³-hybridized carbons (Fsp3) is 0.400. The van der Waals surface area contributed by atoms with Crippen LogP contribution in [0, 0.1) is 0 Å². The molecule has 1 fully saturated rings. The number of hydrogen-bond donors (Lipinski definition) is 1. The van der Waals surface area contributed by atoms with Crippen molar-refractivity contribution in [2.45, 2.75) is 6.29 Å². The van der Waals surface area contributed by atoms with Gasteiger partial charge in [0.2, 0.25) is 0 Å². The van der Waals surface area contributed by atoms with Crippen LogP contribution in [-0.4, -0.2) is 25.4 Å². The fourth-order valence-corrected chi connectivity index (χ4v) is 1.98. The topological polar surface area (TPSA) is 47.9 Å². The molecular formula is C10H11BrO4. The molecule has 1 heterocycles. The van der Waals surface area contributed by atoms with E-state index in [9.17, 15) is 5.11 Å². The second-order valence-electron chi connectivity index (χ2n) is 3.09. The highest BCUT2D eigenvalue weighted by molar-refractivity contribution is 9.10. The average Bonchev–Trinajstić information content (AvgIpc) is 2.71. The van der Waals surface area contributed by atoms with Crippen molar-refractivity contribution >= 4 is 15.9 Å². The van der Waals surface area contributed by atoms with Gasteiger partial charge < -0.3 is 19.3 Å². The lowest BCUT2D eigenvalue weighted by Crippen LogP contribution is -2.01. The Hall–Kier alpha value is -0.780. The summed E-state index contributed by atoms with van der Waals surface area (Å²) >= 11 is 3.34. The second kappa shape index (κ2) is 4.38. The Morgan fingerprint density at radius 1 is 1.40 bits per heavy atom. The first-order valence-corrected chi connectivity index (χ1v) is 5.32. The summed E-state index contributed by atoms with van der Waals surface area (Å²) in [5.74, 6) is 0.464. The van der Waals surface area contributed by atoms with Gasteiger partial charge in [-0.15, -0.1) is 0 Å². The number of hydrogen-bond acceptors (Lipinski definition) is 4. The first-order chi connectivity index (χ1) is 7.24. The van der Waals surface area contributed by atoms with E-state index in [1.807, 2.05) is 0 Å². The van der Waals surface area contributed by atoms with Crippen molar-refractivity contribution in [3.8, 4) is 11.5 Å². The molecular weight excluding hydrogens is 264 g/mol. The molecule has 0 amide bonds. The predicted octanol–water partition coefficient (Wildman–Crippen LogP) is 2.21. The molecule has 1 N–H and O–H groups in total. The van der Waals surface area contributed by atoms with Crippen LogP contribution in [0.5, 0.6) is 11.5 Å². The van der Waals surface area contributed by atoms with Gasteiger partial charge in [-0.25, -0.2) is 0 Å². The lowest BCUT2D eigenvalue weighted by molar-refractivity contribution is -0.0461. The summed E-state index contributed by atoms with van der Waals surface area (Å²) in [5, 5.41) is 9.92. The van der Waals surface area contributed by atoms with E-state index in [0.29, 0.717) is 24.5 Å². The number of aromatic hydroxyl groups is 1. The second-order valence-corrected chi connectivity index (χ2v) is 3.94. The lowest BCUT2D eigenvalue weighted by Gasteiger charge is -2.15. The zero-order chi connectivity index (χ0) is 10.8. The van der Waals surface area contributed by atoms with E-state index < -0.39 is 6.29 Å². The van der Waals surface area contributed by atoms with Crippen molar-refractivity contribution in [2.75, 3.05) is 20.3 Å². The third kappa shape index (κ3) is 1.95. The Bertz CT molecular complexity index is 361. The summed E-state index contributed by atoms with van der Waals surface area (Å²) in [6.45, 7) is 1.07. The van der Waals surface area contributed by atoms with Crippen molar-refractivity contribution in [1.82, 2.24) is 0 Å². The zero-order valence-corrected chi connectivity index (χ0v) is 9.78. The van der Waals surface area contributed by atoms with Gasteiger partial charge in [0.15, 0.2) is 17.8 Å². The largest absolute Gasteiger partial charge is 0.504 e. The van der Waals surface area contributed by atoms with Gasteiger partial charge in [0.05, 0.1) is 25.9 Å². The van der Waals surface area contributed by atoms with Gasteiger partial charge in [-0.1, -0.05) is 15.9 Å². The number of methoxy groups -OCH3 is 1. The molecule has 0 unspecified atom stereocenters. The predicted molar refractivity (Wildman–Crippen MR) is 57.0 cm³/mol. The molecule has 0 aromatic heterocycles. The molecule has 0 atom stereocenters. The van der Waals surface area contributed by atoms with Crippen LogP contribution >= 0.6 is 15.9 Å². The standard InChI is InChI=1S/C10H11BrO4/c1-13-7-3-2-6(11)8(9(7)12)10-14-4-5-15-10/h2-3,10,12H,4-5H2,1H3. The highest BCUT2D eigenvalue weighted by Gasteiger charge is 2.25. The minimum absolute atomic E-state index is 0.0544. The van der Waals surface area contributed by atoms with Crippen LogP contribution in [0.3, 0.4) is 0 Å². The first-order valence-electron chi connectivity index (χ1n) is 4.52. The van der Waals surface area contributed by atoms with E-state index in [0.717, 1.165) is 4.47 Å². The van der Waals surface area contributed by atoms with Gasteiger partial charge in [0, 0.05) is 4.47 Å². The van der Waals surface area contributed by atoms with E-state index in [2.05, 4.69) is 15.9 Å². The van der Waals surface area contributed by atoms with Crippen molar-refractivity contribution in [3.63, 3.8) is 0 Å². The van der Waals surface area contributed by atoms with E-state index in [-0.39, 0.29) is 5.75 Å². The van der Waals surface area contributed by atoms with Crippen LogP contribution in [0.15, 0.2) is 16.6 Å². The molecule has 0 bridgehead atoms.